The monoisotopic (exact) mass is 382 g/mol. The van der Waals surface area contributed by atoms with Gasteiger partial charge in [0, 0.05) is 24.9 Å². The van der Waals surface area contributed by atoms with E-state index in [2.05, 4.69) is 15.6 Å². The Balaban J connectivity index is 0.00000242. The summed E-state index contributed by atoms with van der Waals surface area (Å²) in [5, 5.41) is 7.65. The molecule has 1 unspecified atom stereocenters. The van der Waals surface area contributed by atoms with Crippen LogP contribution < -0.4 is 16.4 Å². The van der Waals surface area contributed by atoms with Crippen LogP contribution in [0.4, 0.5) is 5.13 Å². The van der Waals surface area contributed by atoms with Crippen LogP contribution in [0.25, 0.3) is 0 Å². The molecule has 0 bridgehead atoms. The summed E-state index contributed by atoms with van der Waals surface area (Å²) in [5.74, 6) is 0.0448. The van der Waals surface area contributed by atoms with Crippen molar-refractivity contribution in [1.82, 2.24) is 10.3 Å². The molecule has 2 rings (SSSR count). The molecule has 9 heteroatoms. The Kier molecular flexibility index (Phi) is 10.4. The van der Waals surface area contributed by atoms with E-state index >= 15 is 0 Å². The van der Waals surface area contributed by atoms with Gasteiger partial charge in [0.05, 0.1) is 0 Å². The number of hydrogen-bond donors (Lipinski definition) is 3. The van der Waals surface area contributed by atoms with Gasteiger partial charge in [0.1, 0.15) is 5.69 Å². The number of rotatable bonds is 5. The molecule has 0 saturated heterocycles. The number of thiazole rings is 1. The van der Waals surface area contributed by atoms with Crippen molar-refractivity contribution in [2.75, 3.05) is 11.9 Å². The van der Waals surface area contributed by atoms with Gasteiger partial charge in [-0.25, -0.2) is 4.98 Å². The van der Waals surface area contributed by atoms with E-state index in [4.69, 9.17) is 5.73 Å². The van der Waals surface area contributed by atoms with Crippen molar-refractivity contribution in [2.24, 2.45) is 11.7 Å². The molecule has 132 valence electrons. The van der Waals surface area contributed by atoms with Crippen LogP contribution in [0.3, 0.4) is 0 Å². The minimum absolute atomic E-state index is 0. The lowest BCUT2D eigenvalue weighted by atomic mass is 9.84. The SMILES string of the molecule is CC(=O)Nc1nc(C(=O)NC(CN)C2CCCCC2)cs1.Cl.Cl. The van der Waals surface area contributed by atoms with Crippen LogP contribution in [0.15, 0.2) is 5.38 Å². The van der Waals surface area contributed by atoms with E-state index in [1.165, 1.54) is 37.5 Å². The van der Waals surface area contributed by atoms with Crippen molar-refractivity contribution in [3.63, 3.8) is 0 Å². The van der Waals surface area contributed by atoms with E-state index in [1.54, 1.807) is 5.38 Å². The highest BCUT2D eigenvalue weighted by Gasteiger charge is 2.25. The first-order chi connectivity index (χ1) is 10.1. The molecule has 1 heterocycles. The lowest BCUT2D eigenvalue weighted by Gasteiger charge is -2.29. The summed E-state index contributed by atoms with van der Waals surface area (Å²) in [6.07, 6.45) is 5.93. The standard InChI is InChI=1S/C14H22N4O2S.2ClH/c1-9(19)16-14-18-12(8-21-14)13(20)17-11(7-15)10-5-3-2-4-6-10;;/h8,10-11H,2-7,15H2,1H3,(H,17,20)(H,16,18,19);2*1H. The number of nitrogens with one attached hydrogen (secondary N) is 2. The highest BCUT2D eigenvalue weighted by Crippen LogP contribution is 2.26. The Hall–Kier alpha value is -0.890. The average Bonchev–Trinajstić information content (AvgIpc) is 2.93. The molecule has 0 aromatic carbocycles. The van der Waals surface area contributed by atoms with Crippen LogP contribution in [0.1, 0.15) is 49.5 Å². The molecule has 1 aromatic heterocycles. The first kappa shape index (κ1) is 22.1. The number of hydrogen-bond acceptors (Lipinski definition) is 5. The molecule has 23 heavy (non-hydrogen) atoms. The molecule has 1 saturated carbocycles. The molecule has 4 N–H and O–H groups in total. The second kappa shape index (κ2) is 10.8. The van der Waals surface area contributed by atoms with Crippen molar-refractivity contribution in [3.8, 4) is 0 Å². The molecule has 1 aliphatic carbocycles. The second-order valence-electron chi connectivity index (χ2n) is 5.43. The number of anilines is 1. The maximum absolute atomic E-state index is 12.2. The molecule has 0 radical (unpaired) electrons. The van der Waals surface area contributed by atoms with Crippen LogP contribution >= 0.6 is 36.2 Å². The zero-order valence-electron chi connectivity index (χ0n) is 13.0. The van der Waals surface area contributed by atoms with Crippen LogP contribution in [-0.4, -0.2) is 29.4 Å². The van der Waals surface area contributed by atoms with Gasteiger partial charge >= 0.3 is 0 Å². The number of halogens is 2. The molecular formula is C14H24Cl2N4O2S. The van der Waals surface area contributed by atoms with Gasteiger partial charge in [-0.05, 0) is 18.8 Å². The summed E-state index contributed by atoms with van der Waals surface area (Å²) < 4.78 is 0. The number of carbonyl (C=O) groups is 2. The van der Waals surface area contributed by atoms with Gasteiger partial charge in [0.25, 0.3) is 5.91 Å². The van der Waals surface area contributed by atoms with Gasteiger partial charge in [-0.1, -0.05) is 19.3 Å². The van der Waals surface area contributed by atoms with Gasteiger partial charge in [0.2, 0.25) is 5.91 Å². The number of nitrogens with zero attached hydrogens (tertiary/aromatic N) is 1. The first-order valence-corrected chi connectivity index (χ1v) is 8.22. The van der Waals surface area contributed by atoms with E-state index in [0.717, 1.165) is 12.8 Å². The summed E-state index contributed by atoms with van der Waals surface area (Å²) in [6, 6.07) is 0.00344. The molecule has 1 aliphatic rings. The summed E-state index contributed by atoms with van der Waals surface area (Å²) in [5.41, 5.74) is 6.14. The first-order valence-electron chi connectivity index (χ1n) is 7.34. The number of carbonyl (C=O) groups excluding carboxylic acids is 2. The summed E-state index contributed by atoms with van der Waals surface area (Å²) in [4.78, 5) is 27.3. The quantitative estimate of drug-likeness (QED) is 0.728. The van der Waals surface area contributed by atoms with Crippen LogP contribution in [-0.2, 0) is 4.79 Å². The highest BCUT2D eigenvalue weighted by molar-refractivity contribution is 7.14. The topological polar surface area (TPSA) is 97.1 Å². The lowest BCUT2D eigenvalue weighted by molar-refractivity contribution is -0.114. The third-order valence-electron chi connectivity index (χ3n) is 3.81. The van der Waals surface area contributed by atoms with Gasteiger partial charge in [-0.3, -0.25) is 9.59 Å². The van der Waals surface area contributed by atoms with E-state index < -0.39 is 0 Å². The normalized spacial score (nSPS) is 15.7. The molecule has 0 aliphatic heterocycles. The van der Waals surface area contributed by atoms with Crippen molar-refractivity contribution in [1.29, 1.82) is 0 Å². The smallest absolute Gasteiger partial charge is 0.271 e. The molecule has 1 aromatic rings. The van der Waals surface area contributed by atoms with Gasteiger partial charge < -0.3 is 16.4 Å². The van der Waals surface area contributed by atoms with E-state index in [9.17, 15) is 9.59 Å². The van der Waals surface area contributed by atoms with Crippen molar-refractivity contribution in [2.45, 2.75) is 45.1 Å². The molecule has 1 fully saturated rings. The van der Waals surface area contributed by atoms with E-state index in [1.807, 2.05) is 0 Å². The highest BCUT2D eigenvalue weighted by atomic mass is 35.5. The number of amides is 2. The zero-order valence-corrected chi connectivity index (χ0v) is 15.5. The Labute approximate surface area is 152 Å². The van der Waals surface area contributed by atoms with E-state index in [-0.39, 0.29) is 42.7 Å². The largest absolute Gasteiger partial charge is 0.346 e. The fraction of sp³-hybridized carbons (Fsp3) is 0.643. The second-order valence-corrected chi connectivity index (χ2v) is 6.29. The predicted octanol–water partition coefficient (Wildman–Crippen LogP) is 2.58. The molecule has 1 atom stereocenters. The van der Waals surface area contributed by atoms with Crippen LogP contribution in [0.5, 0.6) is 0 Å². The maximum atomic E-state index is 12.2. The Bertz CT molecular complexity index is 507. The van der Waals surface area contributed by atoms with Crippen molar-refractivity contribution in [3.05, 3.63) is 11.1 Å². The van der Waals surface area contributed by atoms with Crippen molar-refractivity contribution < 1.29 is 9.59 Å². The minimum Gasteiger partial charge on any atom is -0.346 e. The Morgan fingerprint density at radius 1 is 1.35 bits per heavy atom. The fourth-order valence-electron chi connectivity index (χ4n) is 2.73. The number of aromatic nitrogens is 1. The van der Waals surface area contributed by atoms with Crippen molar-refractivity contribution >= 4 is 53.1 Å². The predicted molar refractivity (Wildman–Crippen MR) is 97.8 cm³/mol. The fourth-order valence-corrected chi connectivity index (χ4v) is 3.47. The summed E-state index contributed by atoms with van der Waals surface area (Å²) in [6.45, 7) is 1.85. The average molecular weight is 383 g/mol. The van der Waals surface area contributed by atoms with Gasteiger partial charge in [0.15, 0.2) is 5.13 Å². The lowest BCUT2D eigenvalue weighted by Crippen LogP contribution is -2.46. The molecule has 2 amide bonds. The third-order valence-corrected chi connectivity index (χ3v) is 4.57. The zero-order chi connectivity index (χ0) is 15.2. The van der Waals surface area contributed by atoms with E-state index in [0.29, 0.717) is 23.3 Å². The summed E-state index contributed by atoms with van der Waals surface area (Å²) >= 11 is 1.24. The minimum atomic E-state index is -0.219. The molecule has 0 spiro atoms. The van der Waals surface area contributed by atoms with Gasteiger partial charge in [-0.2, -0.15) is 0 Å². The molecule has 6 nitrogen and oxygen atoms in total. The van der Waals surface area contributed by atoms with Gasteiger partial charge in [-0.15, -0.1) is 36.2 Å². The summed E-state index contributed by atoms with van der Waals surface area (Å²) in [7, 11) is 0. The van der Waals surface area contributed by atoms with Crippen LogP contribution in [0.2, 0.25) is 0 Å². The number of nitrogens with two attached hydrogens (primary N) is 1. The Morgan fingerprint density at radius 2 is 2.00 bits per heavy atom. The maximum Gasteiger partial charge on any atom is 0.271 e. The molecular weight excluding hydrogens is 359 g/mol. The Morgan fingerprint density at radius 3 is 2.57 bits per heavy atom. The van der Waals surface area contributed by atoms with Crippen LogP contribution in [0, 0.1) is 5.92 Å². The third kappa shape index (κ3) is 6.63.